The molecule has 1 aromatic rings. The average molecular weight is 305 g/mol. The van der Waals surface area contributed by atoms with Gasteiger partial charge in [0.1, 0.15) is 17.9 Å². The van der Waals surface area contributed by atoms with E-state index in [1.807, 2.05) is 19.1 Å². The summed E-state index contributed by atoms with van der Waals surface area (Å²) in [6.07, 6.45) is 1.92. The van der Waals surface area contributed by atoms with Crippen LogP contribution in [0.3, 0.4) is 0 Å². The van der Waals surface area contributed by atoms with Gasteiger partial charge in [0.05, 0.1) is 16.0 Å². The molecule has 3 nitrogen and oxygen atoms in total. The Balaban J connectivity index is 2.84. The molecule has 92 valence electrons. The van der Waals surface area contributed by atoms with Crippen LogP contribution in [0.4, 0.5) is 0 Å². The van der Waals surface area contributed by atoms with Crippen molar-refractivity contribution in [2.24, 2.45) is 0 Å². The maximum Gasteiger partial charge on any atom is 0.146 e. The minimum absolute atomic E-state index is 0.167. The van der Waals surface area contributed by atoms with Gasteiger partial charge in [0.2, 0.25) is 0 Å². The van der Waals surface area contributed by atoms with Gasteiger partial charge < -0.3 is 0 Å². The Morgan fingerprint density at radius 3 is 2.56 bits per heavy atom. The second kappa shape index (κ2) is 6.93. The third kappa shape index (κ3) is 3.68. The summed E-state index contributed by atoms with van der Waals surface area (Å²) in [5, 5.41) is 17.7. The van der Waals surface area contributed by atoms with E-state index in [4.69, 9.17) is 10.5 Å². The first-order valence-corrected chi connectivity index (χ1v) is 6.63. The second-order valence-corrected chi connectivity index (χ2v) is 5.10. The quantitative estimate of drug-likeness (QED) is 0.785. The predicted octanol–water partition coefficient (Wildman–Crippen LogP) is 3.11. The van der Waals surface area contributed by atoms with Gasteiger partial charge in [-0.3, -0.25) is 4.79 Å². The molecule has 1 unspecified atom stereocenters. The summed E-state index contributed by atoms with van der Waals surface area (Å²) in [6.45, 7) is 1.97. The number of nitrogens with zero attached hydrogens (tertiary/aromatic N) is 2. The van der Waals surface area contributed by atoms with Crippen molar-refractivity contribution in [2.45, 2.75) is 31.0 Å². The van der Waals surface area contributed by atoms with Crippen LogP contribution in [0.15, 0.2) is 18.2 Å². The number of Topliss-reactive ketones (excluding diaryl/α,β-unsaturated/α-hetero) is 1. The largest absolute Gasteiger partial charge is 0.298 e. The Morgan fingerprint density at radius 1 is 1.33 bits per heavy atom. The van der Waals surface area contributed by atoms with Crippen molar-refractivity contribution in [2.75, 3.05) is 0 Å². The van der Waals surface area contributed by atoms with Crippen LogP contribution in [0.1, 0.15) is 36.5 Å². The summed E-state index contributed by atoms with van der Waals surface area (Å²) in [7, 11) is 0. The molecule has 0 saturated heterocycles. The fraction of sp³-hybridized carbons (Fsp3) is 0.357. The fourth-order valence-electron chi connectivity index (χ4n) is 1.63. The van der Waals surface area contributed by atoms with Crippen molar-refractivity contribution in [1.82, 2.24) is 0 Å². The van der Waals surface area contributed by atoms with E-state index in [1.54, 1.807) is 18.2 Å². The Morgan fingerprint density at radius 2 is 2.00 bits per heavy atom. The van der Waals surface area contributed by atoms with Crippen LogP contribution in [0.2, 0.25) is 0 Å². The zero-order valence-corrected chi connectivity index (χ0v) is 11.7. The summed E-state index contributed by atoms with van der Waals surface area (Å²) in [6, 6.07) is 9.04. The van der Waals surface area contributed by atoms with E-state index >= 15 is 0 Å². The summed E-state index contributed by atoms with van der Waals surface area (Å²) >= 11 is 3.37. The first-order chi connectivity index (χ1) is 8.62. The third-order valence-electron chi connectivity index (χ3n) is 2.59. The van der Waals surface area contributed by atoms with E-state index in [0.29, 0.717) is 24.0 Å². The van der Waals surface area contributed by atoms with Gasteiger partial charge in [-0.15, -0.1) is 0 Å². The molecular formula is C14H13BrN2O. The van der Waals surface area contributed by atoms with Crippen molar-refractivity contribution in [1.29, 1.82) is 10.5 Å². The molecule has 1 aromatic carbocycles. The van der Waals surface area contributed by atoms with Crippen molar-refractivity contribution < 1.29 is 4.79 Å². The molecular weight excluding hydrogens is 292 g/mol. The first-order valence-electron chi connectivity index (χ1n) is 5.72. The molecule has 0 aliphatic rings. The van der Waals surface area contributed by atoms with Gasteiger partial charge in [0.15, 0.2) is 0 Å². The number of hydrogen-bond acceptors (Lipinski definition) is 3. The van der Waals surface area contributed by atoms with Gasteiger partial charge in [-0.1, -0.05) is 28.9 Å². The van der Waals surface area contributed by atoms with Crippen molar-refractivity contribution in [3.8, 4) is 12.1 Å². The second-order valence-electron chi connectivity index (χ2n) is 3.99. The van der Waals surface area contributed by atoms with Gasteiger partial charge in [0, 0.05) is 6.42 Å². The van der Waals surface area contributed by atoms with Crippen LogP contribution < -0.4 is 0 Å². The number of carbonyl (C=O) groups is 1. The number of ketones is 1. The highest BCUT2D eigenvalue weighted by atomic mass is 79.9. The highest BCUT2D eigenvalue weighted by Crippen LogP contribution is 2.16. The first kappa shape index (κ1) is 14.4. The highest BCUT2D eigenvalue weighted by Gasteiger charge is 2.15. The Hall–Kier alpha value is -1.65. The van der Waals surface area contributed by atoms with Gasteiger partial charge in [-0.2, -0.15) is 10.5 Å². The lowest BCUT2D eigenvalue weighted by Gasteiger charge is -2.08. The number of benzene rings is 1. The maximum absolute atomic E-state index is 11.7. The van der Waals surface area contributed by atoms with E-state index in [1.165, 1.54) is 0 Å². The molecule has 0 radical (unpaired) electrons. The topological polar surface area (TPSA) is 64.7 Å². The van der Waals surface area contributed by atoms with Crippen LogP contribution in [0, 0.1) is 22.7 Å². The molecule has 0 aliphatic heterocycles. The molecule has 0 aliphatic carbocycles. The van der Waals surface area contributed by atoms with Gasteiger partial charge in [-0.25, -0.2) is 0 Å². The van der Waals surface area contributed by atoms with Gasteiger partial charge >= 0.3 is 0 Å². The number of hydrogen-bond donors (Lipinski definition) is 0. The minimum atomic E-state index is -0.225. The molecule has 1 rings (SSSR count). The molecule has 0 heterocycles. The number of rotatable bonds is 5. The third-order valence-corrected chi connectivity index (χ3v) is 3.42. The molecule has 0 aromatic heterocycles. The summed E-state index contributed by atoms with van der Waals surface area (Å²) < 4.78 is 0. The van der Waals surface area contributed by atoms with Crippen LogP contribution in [0.25, 0.3) is 0 Å². The highest BCUT2D eigenvalue weighted by molar-refractivity contribution is 9.10. The SMILES string of the molecule is CCCC(=O)C(Br)Cc1ccc(C#N)c(C#N)c1. The number of alkyl halides is 1. The van der Waals surface area contributed by atoms with E-state index in [0.717, 1.165) is 12.0 Å². The van der Waals surface area contributed by atoms with Crippen LogP contribution >= 0.6 is 15.9 Å². The molecule has 0 amide bonds. The lowest BCUT2D eigenvalue weighted by atomic mass is 10.0. The zero-order valence-electron chi connectivity index (χ0n) is 10.1. The molecule has 18 heavy (non-hydrogen) atoms. The molecule has 0 spiro atoms. The van der Waals surface area contributed by atoms with Crippen molar-refractivity contribution >= 4 is 21.7 Å². The number of nitriles is 2. The summed E-state index contributed by atoms with van der Waals surface area (Å²) in [5.41, 5.74) is 1.61. The summed E-state index contributed by atoms with van der Waals surface area (Å²) in [4.78, 5) is 11.4. The number of halogens is 1. The lowest BCUT2D eigenvalue weighted by molar-refractivity contribution is -0.118. The molecule has 0 fully saturated rings. The van der Waals surface area contributed by atoms with E-state index < -0.39 is 0 Å². The normalized spacial score (nSPS) is 11.3. The average Bonchev–Trinajstić information content (AvgIpc) is 2.38. The molecule has 0 bridgehead atoms. The molecule has 0 N–H and O–H groups in total. The van der Waals surface area contributed by atoms with Crippen molar-refractivity contribution in [3.63, 3.8) is 0 Å². The van der Waals surface area contributed by atoms with E-state index in [2.05, 4.69) is 15.9 Å². The minimum Gasteiger partial charge on any atom is -0.298 e. The molecule has 1 atom stereocenters. The monoisotopic (exact) mass is 304 g/mol. The standard InChI is InChI=1S/C14H13BrN2O/c1-2-3-14(18)13(15)7-10-4-5-11(8-16)12(6-10)9-17/h4-6,13H,2-3,7H2,1H3. The van der Waals surface area contributed by atoms with Crippen molar-refractivity contribution in [3.05, 3.63) is 34.9 Å². The number of carbonyl (C=O) groups excluding carboxylic acids is 1. The molecule has 4 heteroatoms. The predicted molar refractivity (Wildman–Crippen MR) is 72.2 cm³/mol. The maximum atomic E-state index is 11.7. The summed E-state index contributed by atoms with van der Waals surface area (Å²) in [5.74, 6) is 0.167. The Labute approximate surface area is 115 Å². The zero-order chi connectivity index (χ0) is 13.5. The Bertz CT molecular complexity index is 526. The van der Waals surface area contributed by atoms with E-state index in [-0.39, 0.29) is 10.6 Å². The smallest absolute Gasteiger partial charge is 0.146 e. The van der Waals surface area contributed by atoms with Gasteiger partial charge in [-0.05, 0) is 30.5 Å². The van der Waals surface area contributed by atoms with Crippen LogP contribution in [-0.4, -0.2) is 10.6 Å². The fourth-order valence-corrected chi connectivity index (χ4v) is 2.23. The Kier molecular flexibility index (Phi) is 5.55. The van der Waals surface area contributed by atoms with Crippen LogP contribution in [-0.2, 0) is 11.2 Å². The van der Waals surface area contributed by atoms with Crippen LogP contribution in [0.5, 0.6) is 0 Å². The molecule has 0 saturated carbocycles. The lowest BCUT2D eigenvalue weighted by Crippen LogP contribution is -2.16. The van der Waals surface area contributed by atoms with E-state index in [9.17, 15) is 4.79 Å². The van der Waals surface area contributed by atoms with Gasteiger partial charge in [0.25, 0.3) is 0 Å².